The van der Waals surface area contributed by atoms with E-state index in [4.69, 9.17) is 4.74 Å². The number of likely N-dealkylation sites (tertiary alicyclic amines) is 1. The number of rotatable bonds is 9. The zero-order valence-electron chi connectivity index (χ0n) is 19.1. The topological polar surface area (TPSA) is 83.0 Å². The Hall–Kier alpha value is -3.19. The number of aliphatic hydroxyl groups excluding tert-OH is 1. The lowest BCUT2D eigenvalue weighted by molar-refractivity contribution is -0.140. The number of hydrogen-bond donors (Lipinski definition) is 1. The Labute approximate surface area is 189 Å². The molecular formula is C25H31N3O4. The smallest absolute Gasteiger partial charge is 0.295 e. The van der Waals surface area contributed by atoms with Crippen molar-refractivity contribution < 1.29 is 19.4 Å². The third-order valence-corrected chi connectivity index (χ3v) is 5.57. The van der Waals surface area contributed by atoms with Crippen LogP contribution < -0.4 is 4.74 Å². The van der Waals surface area contributed by atoms with E-state index in [1.165, 1.54) is 4.90 Å². The Kier molecular flexibility index (Phi) is 7.64. The maximum atomic E-state index is 13.1. The second-order valence-corrected chi connectivity index (χ2v) is 8.00. The number of hydrogen-bond acceptors (Lipinski definition) is 6. The summed E-state index contributed by atoms with van der Waals surface area (Å²) in [4.78, 5) is 34.0. The molecule has 0 spiro atoms. The van der Waals surface area contributed by atoms with Crippen LogP contribution in [0.25, 0.3) is 5.76 Å². The van der Waals surface area contributed by atoms with Gasteiger partial charge in [0.05, 0.1) is 17.7 Å². The number of Topliss-reactive ketones (excluding diaryl/α,β-unsaturated/α-hetero) is 1. The first-order valence-corrected chi connectivity index (χ1v) is 11.0. The lowest BCUT2D eigenvalue weighted by Crippen LogP contribution is -2.38. The fraction of sp³-hybridized carbons (Fsp3) is 0.400. The Morgan fingerprint density at radius 2 is 1.94 bits per heavy atom. The lowest BCUT2D eigenvalue weighted by Gasteiger charge is -2.28. The first-order valence-electron chi connectivity index (χ1n) is 11.0. The average Bonchev–Trinajstić information content (AvgIpc) is 3.04. The number of ether oxygens (including phenoxy) is 1. The maximum Gasteiger partial charge on any atom is 0.295 e. The molecule has 0 bridgehead atoms. The molecule has 2 aromatic rings. The summed E-state index contributed by atoms with van der Waals surface area (Å²) < 4.78 is 5.73. The van der Waals surface area contributed by atoms with Gasteiger partial charge in [0, 0.05) is 31.0 Å². The van der Waals surface area contributed by atoms with Gasteiger partial charge in [0.25, 0.3) is 11.7 Å². The predicted molar refractivity (Wildman–Crippen MR) is 123 cm³/mol. The van der Waals surface area contributed by atoms with Crippen molar-refractivity contribution in [2.45, 2.75) is 39.8 Å². The van der Waals surface area contributed by atoms with E-state index in [-0.39, 0.29) is 17.4 Å². The van der Waals surface area contributed by atoms with Crippen molar-refractivity contribution in [2.75, 3.05) is 26.2 Å². The number of nitrogens with zero attached hydrogens (tertiary/aromatic N) is 3. The van der Waals surface area contributed by atoms with Crippen molar-refractivity contribution in [2.24, 2.45) is 0 Å². The van der Waals surface area contributed by atoms with Gasteiger partial charge in [-0.15, -0.1) is 0 Å². The van der Waals surface area contributed by atoms with Crippen molar-refractivity contribution in [1.82, 2.24) is 14.8 Å². The van der Waals surface area contributed by atoms with E-state index in [1.807, 2.05) is 19.9 Å². The third kappa shape index (κ3) is 4.99. The van der Waals surface area contributed by atoms with E-state index in [2.05, 4.69) is 23.7 Å². The Morgan fingerprint density at radius 3 is 2.56 bits per heavy atom. The van der Waals surface area contributed by atoms with Gasteiger partial charge in [0.1, 0.15) is 11.5 Å². The summed E-state index contributed by atoms with van der Waals surface area (Å²) >= 11 is 0. The molecule has 1 atom stereocenters. The van der Waals surface area contributed by atoms with Gasteiger partial charge in [-0.1, -0.05) is 32.0 Å². The van der Waals surface area contributed by atoms with Gasteiger partial charge < -0.3 is 19.6 Å². The van der Waals surface area contributed by atoms with Crippen LogP contribution in [0.2, 0.25) is 0 Å². The van der Waals surface area contributed by atoms with Gasteiger partial charge in [-0.2, -0.15) is 0 Å². The number of carbonyl (C=O) groups is 2. The molecule has 1 unspecified atom stereocenters. The van der Waals surface area contributed by atoms with Crippen molar-refractivity contribution in [3.8, 4) is 5.75 Å². The molecule has 1 aliphatic heterocycles. The summed E-state index contributed by atoms with van der Waals surface area (Å²) in [5, 5.41) is 11.2. The summed E-state index contributed by atoms with van der Waals surface area (Å²) in [7, 11) is 0. The summed E-state index contributed by atoms with van der Waals surface area (Å²) in [5.74, 6) is -0.928. The second-order valence-electron chi connectivity index (χ2n) is 8.00. The van der Waals surface area contributed by atoms with Crippen LogP contribution in [0.5, 0.6) is 5.75 Å². The minimum atomic E-state index is -0.700. The van der Waals surface area contributed by atoms with Gasteiger partial charge in [-0.05, 0) is 50.7 Å². The predicted octanol–water partition coefficient (Wildman–Crippen LogP) is 3.63. The van der Waals surface area contributed by atoms with Crippen LogP contribution in [-0.2, 0) is 9.59 Å². The molecule has 0 saturated carbocycles. The van der Waals surface area contributed by atoms with E-state index in [9.17, 15) is 14.7 Å². The molecular weight excluding hydrogens is 406 g/mol. The molecule has 1 aromatic heterocycles. The SMILES string of the molecule is CCN(CC)CCN1C(=O)C(=O)/C(=C(\O)c2cccc(OC(C)C)c2)C1c1cccnc1. The van der Waals surface area contributed by atoms with Gasteiger partial charge >= 0.3 is 0 Å². The van der Waals surface area contributed by atoms with Crippen molar-refractivity contribution >= 4 is 17.4 Å². The minimum Gasteiger partial charge on any atom is -0.507 e. The van der Waals surface area contributed by atoms with E-state index in [0.717, 1.165) is 13.1 Å². The zero-order valence-corrected chi connectivity index (χ0v) is 19.1. The second kappa shape index (κ2) is 10.4. The molecule has 0 radical (unpaired) electrons. The van der Waals surface area contributed by atoms with E-state index in [1.54, 1.807) is 42.7 Å². The number of likely N-dealkylation sites (N-methyl/N-ethyl adjacent to an activating group) is 1. The highest BCUT2D eigenvalue weighted by Gasteiger charge is 2.46. The van der Waals surface area contributed by atoms with Crippen LogP contribution >= 0.6 is 0 Å². The zero-order chi connectivity index (χ0) is 23.3. The maximum absolute atomic E-state index is 13.1. The first-order chi connectivity index (χ1) is 15.4. The van der Waals surface area contributed by atoms with Crippen molar-refractivity contribution in [3.05, 3.63) is 65.5 Å². The number of aliphatic hydroxyl groups is 1. The highest BCUT2D eigenvalue weighted by Crippen LogP contribution is 2.39. The highest BCUT2D eigenvalue weighted by atomic mass is 16.5. The van der Waals surface area contributed by atoms with E-state index in [0.29, 0.717) is 30.0 Å². The summed E-state index contributed by atoms with van der Waals surface area (Å²) in [5.41, 5.74) is 1.19. The summed E-state index contributed by atoms with van der Waals surface area (Å²) in [6.07, 6.45) is 3.23. The van der Waals surface area contributed by atoms with E-state index < -0.39 is 17.7 Å². The standard InChI is InChI=1S/C25H31N3O4/c1-5-27(6-2)13-14-28-22(19-10-8-12-26-16-19)21(24(30)25(28)31)23(29)18-9-7-11-20(15-18)32-17(3)4/h7-12,15-17,22,29H,5-6,13-14H2,1-4H3/b23-21-. The number of ketones is 1. The average molecular weight is 438 g/mol. The van der Waals surface area contributed by atoms with Crippen LogP contribution in [0.1, 0.15) is 44.9 Å². The van der Waals surface area contributed by atoms with Crippen LogP contribution in [-0.4, -0.2) is 63.9 Å². The first kappa shape index (κ1) is 23.5. The highest BCUT2D eigenvalue weighted by molar-refractivity contribution is 6.46. The molecule has 7 nitrogen and oxygen atoms in total. The summed E-state index contributed by atoms with van der Waals surface area (Å²) in [6.45, 7) is 10.6. The molecule has 2 heterocycles. The fourth-order valence-corrected chi connectivity index (χ4v) is 3.93. The van der Waals surface area contributed by atoms with Crippen molar-refractivity contribution in [3.63, 3.8) is 0 Å². The van der Waals surface area contributed by atoms with Crippen LogP contribution in [0.3, 0.4) is 0 Å². The fourth-order valence-electron chi connectivity index (χ4n) is 3.93. The van der Waals surface area contributed by atoms with Gasteiger partial charge in [0.15, 0.2) is 0 Å². The largest absolute Gasteiger partial charge is 0.507 e. The molecule has 170 valence electrons. The lowest BCUT2D eigenvalue weighted by atomic mass is 9.96. The number of amides is 1. The number of aromatic nitrogens is 1. The number of pyridine rings is 1. The van der Waals surface area contributed by atoms with Crippen LogP contribution in [0, 0.1) is 0 Å². The molecule has 1 saturated heterocycles. The number of benzene rings is 1. The third-order valence-electron chi connectivity index (χ3n) is 5.57. The van der Waals surface area contributed by atoms with Gasteiger partial charge in [0.2, 0.25) is 0 Å². The molecule has 1 aromatic carbocycles. The molecule has 32 heavy (non-hydrogen) atoms. The quantitative estimate of drug-likeness (QED) is 0.366. The monoisotopic (exact) mass is 437 g/mol. The molecule has 0 aliphatic carbocycles. The number of carbonyl (C=O) groups excluding carboxylic acids is 2. The van der Waals surface area contributed by atoms with E-state index >= 15 is 0 Å². The molecule has 1 amide bonds. The Bertz CT molecular complexity index is 984. The molecule has 1 aliphatic rings. The van der Waals surface area contributed by atoms with Crippen molar-refractivity contribution in [1.29, 1.82) is 0 Å². The minimum absolute atomic E-state index is 0.0338. The summed E-state index contributed by atoms with van der Waals surface area (Å²) in [6, 6.07) is 9.80. The molecule has 1 fully saturated rings. The van der Waals surface area contributed by atoms with Crippen LogP contribution in [0.15, 0.2) is 54.4 Å². The molecule has 3 rings (SSSR count). The Balaban J connectivity index is 2.06. The Morgan fingerprint density at radius 1 is 1.19 bits per heavy atom. The van der Waals surface area contributed by atoms with Crippen LogP contribution in [0.4, 0.5) is 0 Å². The molecule has 1 N–H and O–H groups in total. The van der Waals surface area contributed by atoms with Gasteiger partial charge in [-0.25, -0.2) is 0 Å². The normalized spacial score (nSPS) is 18.1. The van der Waals surface area contributed by atoms with Gasteiger partial charge in [-0.3, -0.25) is 14.6 Å². The molecule has 7 heteroatoms.